The Balaban J connectivity index is 2.74. The van der Waals surface area contributed by atoms with Crippen molar-refractivity contribution in [2.24, 2.45) is 11.3 Å². The standard InChI is InChI=1S/C11H16O2/c1-4-13-10(12)9-7-5-6-8-11(9,2)3/h5-9H,4H2,1-3H3. The van der Waals surface area contributed by atoms with Crippen LogP contribution in [0, 0.1) is 11.3 Å². The summed E-state index contributed by atoms with van der Waals surface area (Å²) in [5, 5.41) is 0. The van der Waals surface area contributed by atoms with Crippen LogP contribution in [0.3, 0.4) is 0 Å². The van der Waals surface area contributed by atoms with E-state index >= 15 is 0 Å². The van der Waals surface area contributed by atoms with Crippen molar-refractivity contribution in [2.75, 3.05) is 6.61 Å². The number of ether oxygens (including phenoxy) is 1. The van der Waals surface area contributed by atoms with Crippen LogP contribution in [0.2, 0.25) is 0 Å². The molecule has 0 bridgehead atoms. The van der Waals surface area contributed by atoms with E-state index in [9.17, 15) is 4.79 Å². The second-order valence-electron chi connectivity index (χ2n) is 3.80. The predicted molar refractivity (Wildman–Crippen MR) is 52.2 cm³/mol. The summed E-state index contributed by atoms with van der Waals surface area (Å²) in [6.45, 7) is 6.35. The first kappa shape index (κ1) is 10.0. The third kappa shape index (κ3) is 2.20. The molecule has 2 heteroatoms. The van der Waals surface area contributed by atoms with Gasteiger partial charge in [-0.2, -0.15) is 0 Å². The summed E-state index contributed by atoms with van der Waals surface area (Å²) < 4.78 is 4.99. The minimum atomic E-state index is -0.141. The van der Waals surface area contributed by atoms with Crippen LogP contribution >= 0.6 is 0 Å². The molecule has 0 N–H and O–H groups in total. The van der Waals surface area contributed by atoms with E-state index in [1.54, 1.807) is 0 Å². The third-order valence-corrected chi connectivity index (χ3v) is 2.28. The van der Waals surface area contributed by atoms with E-state index in [0.717, 1.165) is 0 Å². The highest BCUT2D eigenvalue weighted by Crippen LogP contribution is 2.33. The zero-order valence-electron chi connectivity index (χ0n) is 8.41. The van der Waals surface area contributed by atoms with Crippen LogP contribution in [-0.4, -0.2) is 12.6 Å². The fourth-order valence-corrected chi connectivity index (χ4v) is 1.44. The Bertz CT molecular complexity index is 249. The highest BCUT2D eigenvalue weighted by atomic mass is 16.5. The largest absolute Gasteiger partial charge is 0.466 e. The molecular weight excluding hydrogens is 164 g/mol. The average molecular weight is 180 g/mol. The van der Waals surface area contributed by atoms with Gasteiger partial charge in [0.2, 0.25) is 0 Å². The molecule has 0 aromatic heterocycles. The summed E-state index contributed by atoms with van der Waals surface area (Å²) in [4.78, 5) is 11.5. The lowest BCUT2D eigenvalue weighted by atomic mass is 9.76. The van der Waals surface area contributed by atoms with Gasteiger partial charge in [0.25, 0.3) is 0 Å². The molecule has 0 saturated heterocycles. The molecule has 0 fully saturated rings. The first-order chi connectivity index (χ1) is 6.08. The molecule has 0 aromatic carbocycles. The van der Waals surface area contributed by atoms with Crippen molar-refractivity contribution in [1.29, 1.82) is 0 Å². The molecule has 1 rings (SSSR count). The van der Waals surface area contributed by atoms with Crippen molar-refractivity contribution < 1.29 is 9.53 Å². The lowest BCUT2D eigenvalue weighted by molar-refractivity contribution is -0.148. The fourth-order valence-electron chi connectivity index (χ4n) is 1.44. The topological polar surface area (TPSA) is 26.3 Å². The van der Waals surface area contributed by atoms with Gasteiger partial charge in [-0.1, -0.05) is 38.2 Å². The molecule has 1 aliphatic carbocycles. The van der Waals surface area contributed by atoms with Crippen LogP contribution in [0.1, 0.15) is 20.8 Å². The smallest absolute Gasteiger partial charge is 0.313 e. The number of allylic oxidation sites excluding steroid dienone is 3. The Hall–Kier alpha value is -1.05. The van der Waals surface area contributed by atoms with Crippen molar-refractivity contribution in [3.8, 4) is 0 Å². The van der Waals surface area contributed by atoms with Gasteiger partial charge >= 0.3 is 5.97 Å². The summed E-state index contributed by atoms with van der Waals surface area (Å²) >= 11 is 0. The molecule has 0 spiro atoms. The van der Waals surface area contributed by atoms with Gasteiger partial charge < -0.3 is 4.74 Å². The Morgan fingerprint density at radius 1 is 1.46 bits per heavy atom. The van der Waals surface area contributed by atoms with Crippen LogP contribution in [-0.2, 0) is 9.53 Å². The summed E-state index contributed by atoms with van der Waals surface area (Å²) in [5.41, 5.74) is -0.124. The minimum Gasteiger partial charge on any atom is -0.466 e. The van der Waals surface area contributed by atoms with Crippen LogP contribution in [0.5, 0.6) is 0 Å². The molecular formula is C11H16O2. The molecule has 1 unspecified atom stereocenters. The number of carbonyl (C=O) groups excluding carboxylic acids is 1. The van der Waals surface area contributed by atoms with Crippen LogP contribution in [0.25, 0.3) is 0 Å². The quantitative estimate of drug-likeness (QED) is 0.609. The molecule has 0 radical (unpaired) electrons. The molecule has 0 aromatic rings. The van der Waals surface area contributed by atoms with Gasteiger partial charge in [-0.25, -0.2) is 0 Å². The number of esters is 1. The summed E-state index contributed by atoms with van der Waals surface area (Å²) in [6, 6.07) is 0. The summed E-state index contributed by atoms with van der Waals surface area (Å²) in [5.74, 6) is -0.273. The Kier molecular flexibility index (Phi) is 2.91. The average Bonchev–Trinajstić information content (AvgIpc) is 2.03. The molecule has 0 amide bonds. The van der Waals surface area contributed by atoms with E-state index in [4.69, 9.17) is 4.74 Å². The molecule has 1 aliphatic rings. The normalized spacial score (nSPS) is 24.4. The van der Waals surface area contributed by atoms with Gasteiger partial charge in [-0.15, -0.1) is 0 Å². The van der Waals surface area contributed by atoms with Crippen molar-refractivity contribution in [1.82, 2.24) is 0 Å². The van der Waals surface area contributed by atoms with Gasteiger partial charge in [-0.3, -0.25) is 4.79 Å². The SMILES string of the molecule is CCOC(=O)C1C=CC=CC1(C)C. The lowest BCUT2D eigenvalue weighted by Gasteiger charge is -2.29. The van der Waals surface area contributed by atoms with E-state index in [2.05, 4.69) is 0 Å². The van der Waals surface area contributed by atoms with Gasteiger partial charge in [-0.05, 0) is 12.3 Å². The van der Waals surface area contributed by atoms with Gasteiger partial charge in [0.1, 0.15) is 0 Å². The molecule has 13 heavy (non-hydrogen) atoms. The first-order valence-corrected chi connectivity index (χ1v) is 4.60. The van der Waals surface area contributed by atoms with Crippen molar-refractivity contribution >= 4 is 5.97 Å². The highest BCUT2D eigenvalue weighted by molar-refractivity contribution is 5.76. The molecule has 0 saturated carbocycles. The van der Waals surface area contributed by atoms with Gasteiger partial charge in [0, 0.05) is 0 Å². The molecule has 0 heterocycles. The van der Waals surface area contributed by atoms with Crippen molar-refractivity contribution in [3.63, 3.8) is 0 Å². The highest BCUT2D eigenvalue weighted by Gasteiger charge is 2.33. The third-order valence-electron chi connectivity index (χ3n) is 2.28. The van der Waals surface area contributed by atoms with Crippen LogP contribution < -0.4 is 0 Å². The van der Waals surface area contributed by atoms with E-state index in [1.165, 1.54) is 0 Å². The Morgan fingerprint density at radius 2 is 2.15 bits per heavy atom. The van der Waals surface area contributed by atoms with Gasteiger partial charge in [0.05, 0.1) is 12.5 Å². The van der Waals surface area contributed by atoms with Crippen LogP contribution in [0.15, 0.2) is 24.3 Å². The number of hydrogen-bond donors (Lipinski definition) is 0. The van der Waals surface area contributed by atoms with Crippen molar-refractivity contribution in [2.45, 2.75) is 20.8 Å². The second-order valence-corrected chi connectivity index (χ2v) is 3.80. The predicted octanol–water partition coefficient (Wildman–Crippen LogP) is 2.32. The zero-order chi connectivity index (χ0) is 9.90. The molecule has 0 aliphatic heterocycles. The molecule has 1 atom stereocenters. The van der Waals surface area contributed by atoms with E-state index in [1.807, 2.05) is 45.1 Å². The number of rotatable bonds is 2. The Morgan fingerprint density at radius 3 is 2.69 bits per heavy atom. The summed E-state index contributed by atoms with van der Waals surface area (Å²) in [7, 11) is 0. The molecule has 2 nitrogen and oxygen atoms in total. The maximum atomic E-state index is 11.5. The summed E-state index contributed by atoms with van der Waals surface area (Å²) in [6.07, 6.45) is 7.80. The van der Waals surface area contributed by atoms with E-state index in [0.29, 0.717) is 6.61 Å². The minimum absolute atomic E-state index is 0.124. The Labute approximate surface area is 79.3 Å². The van der Waals surface area contributed by atoms with Crippen LogP contribution in [0.4, 0.5) is 0 Å². The fraction of sp³-hybridized carbons (Fsp3) is 0.545. The maximum absolute atomic E-state index is 11.5. The lowest BCUT2D eigenvalue weighted by Crippen LogP contribution is -2.30. The molecule has 72 valence electrons. The monoisotopic (exact) mass is 180 g/mol. The van der Waals surface area contributed by atoms with Crippen molar-refractivity contribution in [3.05, 3.63) is 24.3 Å². The van der Waals surface area contributed by atoms with E-state index < -0.39 is 0 Å². The number of carbonyl (C=O) groups is 1. The maximum Gasteiger partial charge on any atom is 0.313 e. The van der Waals surface area contributed by atoms with Gasteiger partial charge in [0.15, 0.2) is 0 Å². The van der Waals surface area contributed by atoms with E-state index in [-0.39, 0.29) is 17.3 Å². The second kappa shape index (κ2) is 3.77. The number of hydrogen-bond acceptors (Lipinski definition) is 2. The first-order valence-electron chi connectivity index (χ1n) is 4.60. The zero-order valence-corrected chi connectivity index (χ0v) is 8.41.